The monoisotopic (exact) mass is 266 g/mol. The zero-order valence-electron chi connectivity index (χ0n) is 7.58. The van der Waals surface area contributed by atoms with Crippen LogP contribution in [0, 0.1) is 0 Å². The van der Waals surface area contributed by atoms with Crippen LogP contribution >= 0.6 is 15.9 Å². The van der Waals surface area contributed by atoms with Crippen molar-refractivity contribution < 1.29 is 0 Å². The first-order valence-corrected chi connectivity index (χ1v) is 5.04. The van der Waals surface area contributed by atoms with Gasteiger partial charge in [-0.15, -0.1) is 0 Å². The molecule has 0 saturated carbocycles. The number of benzene rings is 1. The average Bonchev–Trinajstić information content (AvgIpc) is 2.17. The quantitative estimate of drug-likeness (QED) is 0.822. The summed E-state index contributed by atoms with van der Waals surface area (Å²) in [6.07, 6.45) is 0. The fraction of sp³-hybridized carbons (Fsp3) is 0. The Balaban J connectivity index is 2.59. The van der Waals surface area contributed by atoms with Crippen LogP contribution in [-0.2, 0) is 0 Å². The van der Waals surface area contributed by atoms with Gasteiger partial charge in [-0.2, -0.15) is 0 Å². The zero-order chi connectivity index (χ0) is 10.8. The number of H-pyrrole nitrogens is 2. The Bertz CT molecular complexity index is 555. The summed E-state index contributed by atoms with van der Waals surface area (Å²) in [4.78, 5) is 26.8. The lowest BCUT2D eigenvalue weighted by atomic mass is 10.1. The molecule has 0 aliphatic carbocycles. The number of hydrogen-bond acceptors (Lipinski definition) is 2. The first-order chi connectivity index (χ1) is 7.15. The molecular formula is C10H7BrN2O2. The van der Waals surface area contributed by atoms with Gasteiger partial charge < -0.3 is 4.98 Å². The van der Waals surface area contributed by atoms with Gasteiger partial charge in [-0.25, -0.2) is 4.79 Å². The summed E-state index contributed by atoms with van der Waals surface area (Å²) >= 11 is 3.31. The van der Waals surface area contributed by atoms with Gasteiger partial charge >= 0.3 is 5.69 Å². The van der Waals surface area contributed by atoms with Crippen LogP contribution in [0.25, 0.3) is 11.3 Å². The van der Waals surface area contributed by atoms with Crippen molar-refractivity contribution in [3.8, 4) is 11.3 Å². The summed E-state index contributed by atoms with van der Waals surface area (Å²) in [5, 5.41) is 0. The van der Waals surface area contributed by atoms with Gasteiger partial charge in [0.2, 0.25) is 0 Å². The van der Waals surface area contributed by atoms with Gasteiger partial charge in [-0.1, -0.05) is 28.1 Å². The summed E-state index contributed by atoms with van der Waals surface area (Å²) in [6.45, 7) is 0. The molecule has 2 N–H and O–H groups in total. The van der Waals surface area contributed by atoms with Crippen molar-refractivity contribution in [1.29, 1.82) is 0 Å². The molecule has 0 aliphatic heterocycles. The molecule has 0 bridgehead atoms. The van der Waals surface area contributed by atoms with Crippen LogP contribution in [0.4, 0.5) is 0 Å². The second-order valence-corrected chi connectivity index (χ2v) is 3.92. The smallest absolute Gasteiger partial charge is 0.307 e. The average molecular weight is 267 g/mol. The molecule has 0 spiro atoms. The van der Waals surface area contributed by atoms with Crippen molar-refractivity contribution in [1.82, 2.24) is 9.97 Å². The molecular weight excluding hydrogens is 260 g/mol. The second-order valence-electron chi connectivity index (χ2n) is 3.01. The van der Waals surface area contributed by atoms with E-state index in [1.165, 1.54) is 6.07 Å². The third kappa shape index (κ3) is 2.24. The minimum absolute atomic E-state index is 0.406. The van der Waals surface area contributed by atoms with Crippen molar-refractivity contribution in [2.75, 3.05) is 0 Å². The van der Waals surface area contributed by atoms with E-state index >= 15 is 0 Å². The summed E-state index contributed by atoms with van der Waals surface area (Å²) in [6, 6.07) is 8.66. The number of hydrogen-bond donors (Lipinski definition) is 2. The molecule has 1 heterocycles. The Morgan fingerprint density at radius 3 is 2.27 bits per heavy atom. The van der Waals surface area contributed by atoms with E-state index in [1.807, 2.05) is 24.3 Å². The summed E-state index contributed by atoms with van der Waals surface area (Å²) in [5.41, 5.74) is 0.398. The van der Waals surface area contributed by atoms with E-state index < -0.39 is 11.2 Å². The van der Waals surface area contributed by atoms with Crippen molar-refractivity contribution >= 4 is 15.9 Å². The molecule has 1 aromatic heterocycles. The van der Waals surface area contributed by atoms with E-state index in [0.29, 0.717) is 5.69 Å². The van der Waals surface area contributed by atoms with E-state index in [0.717, 1.165) is 10.0 Å². The molecule has 0 unspecified atom stereocenters. The van der Waals surface area contributed by atoms with Crippen LogP contribution in [0.15, 0.2) is 44.4 Å². The lowest BCUT2D eigenvalue weighted by Gasteiger charge is -1.99. The molecule has 0 aliphatic rings. The number of aromatic nitrogens is 2. The molecule has 0 atom stereocenters. The van der Waals surface area contributed by atoms with E-state index in [-0.39, 0.29) is 0 Å². The first kappa shape index (κ1) is 9.92. The van der Waals surface area contributed by atoms with Gasteiger partial charge in [-0.05, 0) is 17.7 Å². The number of nitrogens with one attached hydrogen (secondary N) is 2. The number of halogens is 1. The van der Waals surface area contributed by atoms with Gasteiger partial charge in [0.1, 0.15) is 0 Å². The zero-order valence-corrected chi connectivity index (χ0v) is 9.17. The topological polar surface area (TPSA) is 65.7 Å². The van der Waals surface area contributed by atoms with Crippen molar-refractivity contribution in [3.63, 3.8) is 0 Å². The fourth-order valence-electron chi connectivity index (χ4n) is 1.25. The standard InChI is InChI=1S/C10H7BrN2O2/c11-7-3-1-6(2-4-7)8-5-9(14)13-10(15)12-8/h1-5H,(H2,12,13,14,15). The van der Waals surface area contributed by atoms with E-state index in [4.69, 9.17) is 0 Å². The van der Waals surface area contributed by atoms with Crippen molar-refractivity contribution in [2.24, 2.45) is 0 Å². The Kier molecular flexibility index (Phi) is 2.55. The highest BCUT2D eigenvalue weighted by atomic mass is 79.9. The third-order valence-corrected chi connectivity index (χ3v) is 2.44. The molecule has 0 fully saturated rings. The van der Waals surface area contributed by atoms with Gasteiger partial charge in [0, 0.05) is 10.5 Å². The minimum Gasteiger partial charge on any atom is -0.307 e. The van der Waals surface area contributed by atoms with Crippen LogP contribution in [0.1, 0.15) is 0 Å². The van der Waals surface area contributed by atoms with Gasteiger partial charge in [-0.3, -0.25) is 9.78 Å². The highest BCUT2D eigenvalue weighted by molar-refractivity contribution is 9.10. The molecule has 0 amide bonds. The molecule has 4 nitrogen and oxygen atoms in total. The molecule has 15 heavy (non-hydrogen) atoms. The maximum Gasteiger partial charge on any atom is 0.326 e. The van der Waals surface area contributed by atoms with Crippen LogP contribution in [0.2, 0.25) is 0 Å². The predicted octanol–water partition coefficient (Wildman–Crippen LogP) is 1.49. The molecule has 0 radical (unpaired) electrons. The number of aromatic amines is 2. The fourth-order valence-corrected chi connectivity index (χ4v) is 1.52. The highest BCUT2D eigenvalue weighted by Crippen LogP contribution is 2.17. The SMILES string of the molecule is O=c1cc(-c2ccc(Br)cc2)[nH]c(=O)[nH]1. The molecule has 0 saturated heterocycles. The minimum atomic E-state index is -0.500. The van der Waals surface area contributed by atoms with Gasteiger partial charge in [0.15, 0.2) is 0 Å². The molecule has 2 aromatic rings. The molecule has 76 valence electrons. The first-order valence-electron chi connectivity index (χ1n) is 4.25. The van der Waals surface area contributed by atoms with Gasteiger partial charge in [0.05, 0.1) is 5.69 Å². The summed E-state index contributed by atoms with van der Waals surface area (Å²) < 4.78 is 0.943. The van der Waals surface area contributed by atoms with Crippen LogP contribution in [-0.4, -0.2) is 9.97 Å². The van der Waals surface area contributed by atoms with Crippen molar-refractivity contribution in [2.45, 2.75) is 0 Å². The lowest BCUT2D eigenvalue weighted by molar-refractivity contribution is 1.04. The molecule has 2 rings (SSSR count). The van der Waals surface area contributed by atoms with Crippen LogP contribution in [0.5, 0.6) is 0 Å². The Morgan fingerprint density at radius 1 is 1.00 bits per heavy atom. The Labute approximate surface area is 93.1 Å². The third-order valence-electron chi connectivity index (χ3n) is 1.92. The Morgan fingerprint density at radius 2 is 1.67 bits per heavy atom. The van der Waals surface area contributed by atoms with E-state index in [2.05, 4.69) is 25.9 Å². The Hall–Kier alpha value is -1.62. The number of rotatable bonds is 1. The largest absolute Gasteiger partial charge is 0.326 e. The summed E-state index contributed by atoms with van der Waals surface area (Å²) in [7, 11) is 0. The van der Waals surface area contributed by atoms with Gasteiger partial charge in [0.25, 0.3) is 5.56 Å². The van der Waals surface area contributed by atoms with Crippen molar-refractivity contribution in [3.05, 3.63) is 55.6 Å². The normalized spacial score (nSPS) is 10.2. The molecule has 5 heteroatoms. The van der Waals surface area contributed by atoms with E-state index in [9.17, 15) is 9.59 Å². The maximum absolute atomic E-state index is 11.1. The lowest BCUT2D eigenvalue weighted by Crippen LogP contribution is -2.21. The van der Waals surface area contributed by atoms with Crippen LogP contribution in [0.3, 0.4) is 0 Å². The van der Waals surface area contributed by atoms with E-state index in [1.54, 1.807) is 0 Å². The maximum atomic E-state index is 11.1. The highest BCUT2D eigenvalue weighted by Gasteiger charge is 1.99. The summed E-state index contributed by atoms with van der Waals surface area (Å²) in [5.74, 6) is 0. The molecule has 1 aromatic carbocycles. The predicted molar refractivity (Wildman–Crippen MR) is 60.8 cm³/mol. The second kappa shape index (κ2) is 3.86. The van der Waals surface area contributed by atoms with Crippen LogP contribution < -0.4 is 11.2 Å².